The van der Waals surface area contributed by atoms with Crippen LogP contribution >= 0.6 is 11.6 Å². The zero-order valence-electron chi connectivity index (χ0n) is 8.74. The monoisotopic (exact) mass is 241 g/mol. The van der Waals surface area contributed by atoms with Gasteiger partial charge in [-0.2, -0.15) is 0 Å². The van der Waals surface area contributed by atoms with Crippen LogP contribution in [0.1, 0.15) is 23.7 Å². The van der Waals surface area contributed by atoms with E-state index < -0.39 is 5.91 Å². The molecular formula is C10H12ClN3O2. The van der Waals surface area contributed by atoms with Gasteiger partial charge < -0.3 is 11.1 Å². The second-order valence-corrected chi connectivity index (χ2v) is 3.81. The van der Waals surface area contributed by atoms with Crippen LogP contribution < -0.4 is 11.1 Å². The topological polar surface area (TPSA) is 85.1 Å². The molecule has 0 aromatic carbocycles. The first-order valence-electron chi connectivity index (χ1n) is 4.69. The van der Waals surface area contributed by atoms with Crippen molar-refractivity contribution in [1.29, 1.82) is 0 Å². The maximum Gasteiger partial charge on any atom is 0.254 e. The first-order valence-corrected chi connectivity index (χ1v) is 5.07. The van der Waals surface area contributed by atoms with Crippen LogP contribution in [0, 0.1) is 0 Å². The Hall–Kier alpha value is -1.62. The number of nitrogens with zero attached hydrogens (tertiary/aromatic N) is 1. The highest BCUT2D eigenvalue weighted by molar-refractivity contribution is 6.33. The Kier molecular flexibility index (Phi) is 4.25. The van der Waals surface area contributed by atoms with Gasteiger partial charge in [-0.3, -0.25) is 14.6 Å². The molecule has 16 heavy (non-hydrogen) atoms. The van der Waals surface area contributed by atoms with Crippen molar-refractivity contribution in [3.05, 3.63) is 29.0 Å². The van der Waals surface area contributed by atoms with Gasteiger partial charge in [-0.25, -0.2) is 0 Å². The number of pyridine rings is 1. The zero-order chi connectivity index (χ0) is 12.1. The van der Waals surface area contributed by atoms with E-state index in [2.05, 4.69) is 10.3 Å². The molecule has 5 nitrogen and oxygen atoms in total. The van der Waals surface area contributed by atoms with E-state index in [4.69, 9.17) is 17.3 Å². The number of amides is 2. The molecule has 0 radical (unpaired) electrons. The lowest BCUT2D eigenvalue weighted by Gasteiger charge is -2.12. The summed E-state index contributed by atoms with van der Waals surface area (Å²) in [6.07, 6.45) is 2.95. The molecule has 0 bridgehead atoms. The van der Waals surface area contributed by atoms with Gasteiger partial charge in [0.15, 0.2) is 0 Å². The third-order valence-corrected chi connectivity index (χ3v) is 2.23. The number of carbonyl (C=O) groups is 2. The predicted octanol–water partition coefficient (Wildman–Crippen LogP) is 0.729. The van der Waals surface area contributed by atoms with Gasteiger partial charge in [0.05, 0.1) is 10.6 Å². The normalized spacial score (nSPS) is 11.9. The molecule has 6 heteroatoms. The Morgan fingerprint density at radius 3 is 2.88 bits per heavy atom. The first kappa shape index (κ1) is 12.4. The smallest absolute Gasteiger partial charge is 0.254 e. The highest BCUT2D eigenvalue weighted by Crippen LogP contribution is 2.13. The standard InChI is InChI=1S/C10H12ClN3O2/c1-6(4-9(12)15)14-10(16)7-5-13-3-2-8(7)11/h2-3,5-6H,4H2,1H3,(H2,12,15)(H,14,16). The van der Waals surface area contributed by atoms with Crippen molar-refractivity contribution in [2.45, 2.75) is 19.4 Å². The summed E-state index contributed by atoms with van der Waals surface area (Å²) in [5.41, 5.74) is 5.29. The van der Waals surface area contributed by atoms with Crippen LogP contribution in [0.3, 0.4) is 0 Å². The SMILES string of the molecule is CC(CC(N)=O)NC(=O)c1cnccc1Cl. The van der Waals surface area contributed by atoms with Crippen molar-refractivity contribution >= 4 is 23.4 Å². The number of hydrogen-bond acceptors (Lipinski definition) is 3. The lowest BCUT2D eigenvalue weighted by Crippen LogP contribution is -2.35. The van der Waals surface area contributed by atoms with Gasteiger partial charge in [0, 0.05) is 24.9 Å². The Morgan fingerprint density at radius 2 is 2.31 bits per heavy atom. The summed E-state index contributed by atoms with van der Waals surface area (Å²) < 4.78 is 0. The van der Waals surface area contributed by atoms with E-state index in [1.165, 1.54) is 18.5 Å². The van der Waals surface area contributed by atoms with E-state index in [0.717, 1.165) is 0 Å². The molecule has 0 saturated heterocycles. The fraction of sp³-hybridized carbons (Fsp3) is 0.300. The maximum atomic E-state index is 11.7. The fourth-order valence-electron chi connectivity index (χ4n) is 1.20. The van der Waals surface area contributed by atoms with E-state index >= 15 is 0 Å². The molecule has 86 valence electrons. The number of carbonyl (C=O) groups excluding carboxylic acids is 2. The minimum Gasteiger partial charge on any atom is -0.370 e. The van der Waals surface area contributed by atoms with Crippen molar-refractivity contribution in [3.8, 4) is 0 Å². The molecule has 0 spiro atoms. The summed E-state index contributed by atoms with van der Waals surface area (Å²) in [6, 6.07) is 1.19. The first-order chi connectivity index (χ1) is 7.50. The van der Waals surface area contributed by atoms with E-state index in [9.17, 15) is 9.59 Å². The number of halogens is 1. The van der Waals surface area contributed by atoms with Gasteiger partial charge in [0.2, 0.25) is 5.91 Å². The molecule has 1 heterocycles. The third-order valence-electron chi connectivity index (χ3n) is 1.90. The van der Waals surface area contributed by atoms with E-state index in [0.29, 0.717) is 5.02 Å². The molecule has 1 rings (SSSR count). The molecule has 1 unspecified atom stereocenters. The molecule has 2 amide bonds. The van der Waals surface area contributed by atoms with E-state index in [1.807, 2.05) is 0 Å². The average Bonchev–Trinajstić information content (AvgIpc) is 2.16. The number of hydrogen-bond donors (Lipinski definition) is 2. The van der Waals surface area contributed by atoms with Gasteiger partial charge in [-0.1, -0.05) is 11.6 Å². The van der Waals surface area contributed by atoms with Crippen molar-refractivity contribution in [3.63, 3.8) is 0 Å². The fourth-order valence-corrected chi connectivity index (χ4v) is 1.39. The summed E-state index contributed by atoms with van der Waals surface area (Å²) in [6.45, 7) is 1.69. The van der Waals surface area contributed by atoms with Gasteiger partial charge in [-0.15, -0.1) is 0 Å². The van der Waals surface area contributed by atoms with Gasteiger partial charge in [0.1, 0.15) is 0 Å². The Bertz CT molecular complexity index is 409. The van der Waals surface area contributed by atoms with Crippen LogP contribution in [0.15, 0.2) is 18.5 Å². The van der Waals surface area contributed by atoms with Crippen molar-refractivity contribution < 1.29 is 9.59 Å². The molecule has 3 N–H and O–H groups in total. The van der Waals surface area contributed by atoms with Crippen LogP contribution in [-0.4, -0.2) is 22.8 Å². The van der Waals surface area contributed by atoms with Crippen LogP contribution in [0.5, 0.6) is 0 Å². The van der Waals surface area contributed by atoms with Crippen LogP contribution in [0.2, 0.25) is 5.02 Å². The molecule has 0 aliphatic heterocycles. The second-order valence-electron chi connectivity index (χ2n) is 3.40. The van der Waals surface area contributed by atoms with Gasteiger partial charge in [-0.05, 0) is 13.0 Å². The number of primary amides is 1. The maximum absolute atomic E-state index is 11.7. The van der Waals surface area contributed by atoms with Gasteiger partial charge >= 0.3 is 0 Å². The minimum atomic E-state index is -0.468. The Labute approximate surface area is 98.0 Å². The minimum absolute atomic E-state index is 0.0869. The Balaban J connectivity index is 2.66. The van der Waals surface area contributed by atoms with E-state index in [1.54, 1.807) is 6.92 Å². The van der Waals surface area contributed by atoms with Gasteiger partial charge in [0.25, 0.3) is 5.91 Å². The lowest BCUT2D eigenvalue weighted by atomic mass is 10.2. The summed E-state index contributed by atoms with van der Waals surface area (Å²) >= 11 is 5.82. The number of rotatable bonds is 4. The van der Waals surface area contributed by atoms with Crippen molar-refractivity contribution in [2.75, 3.05) is 0 Å². The van der Waals surface area contributed by atoms with Crippen LogP contribution in [0.25, 0.3) is 0 Å². The number of nitrogens with one attached hydrogen (secondary N) is 1. The molecule has 1 atom stereocenters. The second kappa shape index (κ2) is 5.46. The number of aromatic nitrogens is 1. The molecular weight excluding hydrogens is 230 g/mol. The third kappa shape index (κ3) is 3.51. The van der Waals surface area contributed by atoms with Crippen molar-refractivity contribution in [2.24, 2.45) is 5.73 Å². The summed E-state index contributed by atoms with van der Waals surface area (Å²) in [7, 11) is 0. The molecule has 0 saturated carbocycles. The summed E-state index contributed by atoms with van der Waals surface area (Å²) in [5.74, 6) is -0.836. The quantitative estimate of drug-likeness (QED) is 0.815. The summed E-state index contributed by atoms with van der Waals surface area (Å²) in [4.78, 5) is 26.1. The van der Waals surface area contributed by atoms with Crippen LogP contribution in [-0.2, 0) is 4.79 Å². The predicted molar refractivity (Wildman–Crippen MR) is 60.0 cm³/mol. The Morgan fingerprint density at radius 1 is 1.62 bits per heavy atom. The van der Waals surface area contributed by atoms with E-state index in [-0.39, 0.29) is 23.9 Å². The average molecular weight is 242 g/mol. The highest BCUT2D eigenvalue weighted by Gasteiger charge is 2.14. The molecule has 1 aromatic heterocycles. The lowest BCUT2D eigenvalue weighted by molar-refractivity contribution is -0.118. The molecule has 0 aliphatic rings. The van der Waals surface area contributed by atoms with Crippen molar-refractivity contribution in [1.82, 2.24) is 10.3 Å². The zero-order valence-corrected chi connectivity index (χ0v) is 9.49. The highest BCUT2D eigenvalue weighted by atomic mass is 35.5. The molecule has 0 fully saturated rings. The largest absolute Gasteiger partial charge is 0.370 e. The summed E-state index contributed by atoms with van der Waals surface area (Å²) in [5, 5.41) is 2.92. The van der Waals surface area contributed by atoms with Crippen LogP contribution in [0.4, 0.5) is 0 Å². The molecule has 0 aliphatic carbocycles. The number of nitrogens with two attached hydrogens (primary N) is 1. The molecule has 1 aromatic rings.